The van der Waals surface area contributed by atoms with Gasteiger partial charge in [0.1, 0.15) is 12.1 Å². The minimum Gasteiger partial charge on any atom is -0.329 e. The first-order valence-electron chi connectivity index (χ1n) is 8.60. The van der Waals surface area contributed by atoms with E-state index < -0.39 is 0 Å². The van der Waals surface area contributed by atoms with E-state index in [-0.39, 0.29) is 35.4 Å². The lowest BCUT2D eigenvalue weighted by Crippen LogP contribution is -2.67. The van der Waals surface area contributed by atoms with Crippen LogP contribution in [0.15, 0.2) is 0 Å². The lowest BCUT2D eigenvalue weighted by molar-refractivity contribution is -0.166. The van der Waals surface area contributed by atoms with Gasteiger partial charge in [-0.3, -0.25) is 9.59 Å². The molecule has 2 heterocycles. The third-order valence-electron chi connectivity index (χ3n) is 5.87. The first-order valence-corrected chi connectivity index (χ1v) is 8.60. The minimum atomic E-state index is -0.228. The van der Waals surface area contributed by atoms with Crippen LogP contribution in [0.4, 0.5) is 0 Å². The number of rotatable bonds is 2. The summed E-state index contributed by atoms with van der Waals surface area (Å²) in [5.41, 5.74) is 0.127. The Hall–Kier alpha value is -1.06. The first kappa shape index (κ1) is 14.9. The molecule has 21 heavy (non-hydrogen) atoms. The van der Waals surface area contributed by atoms with E-state index in [1.807, 2.05) is 16.7 Å². The summed E-state index contributed by atoms with van der Waals surface area (Å²) in [6, 6.07) is -0.164. The van der Waals surface area contributed by atoms with Crippen LogP contribution in [0.25, 0.3) is 0 Å². The van der Waals surface area contributed by atoms with Crippen molar-refractivity contribution in [3.8, 4) is 0 Å². The molecule has 0 bridgehead atoms. The SMILES string of the molecule is CCC1C(=O)N2CCCC2C(=O)N1C1CCCCC1(C)C. The fraction of sp³-hybridized carbons (Fsp3) is 0.882. The molecule has 0 aromatic carbocycles. The maximum atomic E-state index is 13.0. The number of hydrogen-bond acceptors (Lipinski definition) is 2. The van der Waals surface area contributed by atoms with Crippen molar-refractivity contribution in [1.29, 1.82) is 0 Å². The van der Waals surface area contributed by atoms with E-state index in [4.69, 9.17) is 0 Å². The van der Waals surface area contributed by atoms with Crippen molar-refractivity contribution < 1.29 is 9.59 Å². The number of nitrogens with zero attached hydrogens (tertiary/aromatic N) is 2. The zero-order valence-electron chi connectivity index (χ0n) is 13.6. The molecule has 3 aliphatic rings. The van der Waals surface area contributed by atoms with Crippen LogP contribution in [-0.4, -0.2) is 46.3 Å². The largest absolute Gasteiger partial charge is 0.329 e. The molecule has 3 rings (SSSR count). The van der Waals surface area contributed by atoms with Crippen molar-refractivity contribution in [2.45, 2.75) is 83.8 Å². The number of amides is 2. The molecule has 0 radical (unpaired) electrons. The molecule has 118 valence electrons. The molecule has 0 N–H and O–H groups in total. The third-order valence-corrected chi connectivity index (χ3v) is 5.87. The standard InChI is InChI=1S/C17H28N2O2/c1-4-12-15(20)18-11-7-8-13(18)16(21)19(12)14-9-5-6-10-17(14,2)3/h12-14H,4-11H2,1-3H3. The van der Waals surface area contributed by atoms with E-state index in [9.17, 15) is 9.59 Å². The van der Waals surface area contributed by atoms with Crippen LogP contribution in [0.2, 0.25) is 0 Å². The Morgan fingerprint density at radius 2 is 1.86 bits per heavy atom. The minimum absolute atomic E-state index is 0.127. The topological polar surface area (TPSA) is 40.6 Å². The molecule has 0 aromatic heterocycles. The molecular formula is C17H28N2O2. The first-order chi connectivity index (χ1) is 9.97. The number of carbonyl (C=O) groups excluding carboxylic acids is 2. The van der Waals surface area contributed by atoms with Gasteiger partial charge in [0.25, 0.3) is 0 Å². The predicted molar refractivity (Wildman–Crippen MR) is 81.7 cm³/mol. The highest BCUT2D eigenvalue weighted by molar-refractivity contribution is 5.97. The molecule has 2 amide bonds. The van der Waals surface area contributed by atoms with Crippen LogP contribution in [0, 0.1) is 5.41 Å². The monoisotopic (exact) mass is 292 g/mol. The average Bonchev–Trinajstić information content (AvgIpc) is 2.93. The van der Waals surface area contributed by atoms with Gasteiger partial charge in [0, 0.05) is 12.6 Å². The highest BCUT2D eigenvalue weighted by atomic mass is 16.2. The zero-order valence-corrected chi connectivity index (χ0v) is 13.6. The lowest BCUT2D eigenvalue weighted by atomic mass is 9.71. The van der Waals surface area contributed by atoms with Crippen molar-refractivity contribution in [2.75, 3.05) is 6.54 Å². The van der Waals surface area contributed by atoms with Gasteiger partial charge in [-0.05, 0) is 37.5 Å². The van der Waals surface area contributed by atoms with Crippen molar-refractivity contribution in [3.05, 3.63) is 0 Å². The number of hydrogen-bond donors (Lipinski definition) is 0. The summed E-state index contributed by atoms with van der Waals surface area (Å²) in [5, 5.41) is 0. The summed E-state index contributed by atoms with van der Waals surface area (Å²) in [5.74, 6) is 0.417. The fourth-order valence-electron chi connectivity index (χ4n) is 4.66. The second-order valence-corrected chi connectivity index (χ2v) is 7.61. The van der Waals surface area contributed by atoms with Gasteiger partial charge >= 0.3 is 0 Å². The molecule has 3 atom stereocenters. The molecule has 2 saturated heterocycles. The van der Waals surface area contributed by atoms with Crippen molar-refractivity contribution in [3.63, 3.8) is 0 Å². The average molecular weight is 292 g/mol. The van der Waals surface area contributed by atoms with Crippen LogP contribution < -0.4 is 0 Å². The van der Waals surface area contributed by atoms with Crippen LogP contribution in [-0.2, 0) is 9.59 Å². The Morgan fingerprint density at radius 1 is 1.10 bits per heavy atom. The Bertz CT molecular complexity index is 446. The Morgan fingerprint density at radius 3 is 2.52 bits per heavy atom. The van der Waals surface area contributed by atoms with Gasteiger partial charge in [-0.15, -0.1) is 0 Å². The molecule has 2 aliphatic heterocycles. The molecule has 3 unspecified atom stereocenters. The smallest absolute Gasteiger partial charge is 0.246 e. The lowest BCUT2D eigenvalue weighted by Gasteiger charge is -2.52. The second kappa shape index (κ2) is 5.29. The van der Waals surface area contributed by atoms with Crippen LogP contribution >= 0.6 is 0 Å². The van der Waals surface area contributed by atoms with Gasteiger partial charge in [0.2, 0.25) is 11.8 Å². The van der Waals surface area contributed by atoms with Gasteiger partial charge in [-0.1, -0.05) is 33.6 Å². The molecule has 1 aliphatic carbocycles. The molecule has 4 nitrogen and oxygen atoms in total. The molecule has 3 fully saturated rings. The van der Waals surface area contributed by atoms with Gasteiger partial charge in [0.15, 0.2) is 0 Å². The Balaban J connectivity index is 1.94. The van der Waals surface area contributed by atoms with E-state index >= 15 is 0 Å². The summed E-state index contributed by atoms with van der Waals surface area (Å²) in [7, 11) is 0. The van der Waals surface area contributed by atoms with Crippen molar-refractivity contribution >= 4 is 11.8 Å². The van der Waals surface area contributed by atoms with Crippen molar-refractivity contribution in [1.82, 2.24) is 9.80 Å². The quantitative estimate of drug-likeness (QED) is 0.785. The highest BCUT2D eigenvalue weighted by Crippen LogP contribution is 2.42. The second-order valence-electron chi connectivity index (χ2n) is 7.61. The van der Waals surface area contributed by atoms with E-state index in [0.29, 0.717) is 0 Å². The summed E-state index contributed by atoms with van der Waals surface area (Å²) < 4.78 is 0. The van der Waals surface area contributed by atoms with Gasteiger partial charge in [-0.25, -0.2) is 0 Å². The van der Waals surface area contributed by atoms with Crippen LogP contribution in [0.1, 0.15) is 65.7 Å². The summed E-state index contributed by atoms with van der Waals surface area (Å²) in [6.45, 7) is 7.34. The molecule has 0 aromatic rings. The number of carbonyl (C=O) groups is 2. The maximum absolute atomic E-state index is 13.0. The Kier molecular flexibility index (Phi) is 3.74. The number of fused-ring (bicyclic) bond motifs is 1. The number of piperazine rings is 1. The summed E-state index contributed by atoms with van der Waals surface area (Å²) >= 11 is 0. The van der Waals surface area contributed by atoms with Gasteiger partial charge in [0.05, 0.1) is 0 Å². The van der Waals surface area contributed by atoms with E-state index in [1.54, 1.807) is 0 Å². The zero-order chi connectivity index (χ0) is 15.2. The maximum Gasteiger partial charge on any atom is 0.246 e. The highest BCUT2D eigenvalue weighted by Gasteiger charge is 2.51. The predicted octanol–water partition coefficient (Wildman–Crippen LogP) is 2.57. The molecule has 4 heteroatoms. The van der Waals surface area contributed by atoms with Crippen LogP contribution in [0.3, 0.4) is 0 Å². The van der Waals surface area contributed by atoms with E-state index in [2.05, 4.69) is 13.8 Å². The molecule has 0 spiro atoms. The molecular weight excluding hydrogens is 264 g/mol. The normalized spacial score (nSPS) is 36.0. The summed E-state index contributed by atoms with van der Waals surface area (Å²) in [6.07, 6.45) is 7.18. The Labute approximate surface area is 127 Å². The fourth-order valence-corrected chi connectivity index (χ4v) is 4.66. The van der Waals surface area contributed by atoms with Gasteiger partial charge < -0.3 is 9.80 Å². The van der Waals surface area contributed by atoms with Crippen molar-refractivity contribution in [2.24, 2.45) is 5.41 Å². The summed E-state index contributed by atoms with van der Waals surface area (Å²) in [4.78, 5) is 29.7. The molecule has 1 saturated carbocycles. The van der Waals surface area contributed by atoms with Crippen LogP contribution in [0.5, 0.6) is 0 Å². The van der Waals surface area contributed by atoms with E-state index in [1.165, 1.54) is 12.8 Å². The van der Waals surface area contributed by atoms with E-state index in [0.717, 1.165) is 38.6 Å². The van der Waals surface area contributed by atoms with Gasteiger partial charge in [-0.2, -0.15) is 0 Å². The third kappa shape index (κ3) is 2.27.